The van der Waals surface area contributed by atoms with E-state index in [2.05, 4.69) is 10.4 Å². The lowest BCUT2D eigenvalue weighted by Gasteiger charge is -2.04. The Bertz CT molecular complexity index is 374. The zero-order valence-corrected chi connectivity index (χ0v) is 9.56. The number of hydrogen-bond donors (Lipinski definition) is 2. The molecule has 0 aliphatic heterocycles. The molecule has 7 heteroatoms. The summed E-state index contributed by atoms with van der Waals surface area (Å²) in [6.07, 6.45) is 1.31. The standard InChI is InChI=1S/C9H17N5O2/c1-3-7-8(14(15)16)9(13(2)12-7)11-6-4-5-10/h11H,3-6,10H2,1-2H3. The van der Waals surface area contributed by atoms with Crippen molar-refractivity contribution in [1.82, 2.24) is 9.78 Å². The molecule has 7 nitrogen and oxygen atoms in total. The van der Waals surface area contributed by atoms with Gasteiger partial charge >= 0.3 is 5.69 Å². The normalized spacial score (nSPS) is 10.4. The zero-order chi connectivity index (χ0) is 12.1. The first-order valence-electron chi connectivity index (χ1n) is 5.26. The minimum absolute atomic E-state index is 0.0713. The highest BCUT2D eigenvalue weighted by atomic mass is 16.6. The maximum atomic E-state index is 10.9. The fourth-order valence-corrected chi connectivity index (χ4v) is 1.51. The van der Waals surface area contributed by atoms with Crippen LogP contribution in [0.3, 0.4) is 0 Å². The molecule has 0 fully saturated rings. The van der Waals surface area contributed by atoms with E-state index in [-0.39, 0.29) is 5.69 Å². The molecule has 0 atom stereocenters. The maximum absolute atomic E-state index is 10.9. The Morgan fingerprint density at radius 1 is 1.62 bits per heavy atom. The summed E-state index contributed by atoms with van der Waals surface area (Å²) in [4.78, 5) is 10.5. The molecule has 90 valence electrons. The number of hydrogen-bond acceptors (Lipinski definition) is 5. The average Bonchev–Trinajstić information content (AvgIpc) is 2.56. The molecule has 0 amide bonds. The molecule has 16 heavy (non-hydrogen) atoms. The Kier molecular flexibility index (Phi) is 4.24. The summed E-state index contributed by atoms with van der Waals surface area (Å²) in [5.74, 6) is 0.454. The molecule has 1 rings (SSSR count). The van der Waals surface area contributed by atoms with E-state index < -0.39 is 4.92 Å². The molecule has 1 heterocycles. The lowest BCUT2D eigenvalue weighted by molar-refractivity contribution is -0.384. The summed E-state index contributed by atoms with van der Waals surface area (Å²) >= 11 is 0. The van der Waals surface area contributed by atoms with Crippen LogP contribution in [-0.4, -0.2) is 27.8 Å². The van der Waals surface area contributed by atoms with Crippen LogP contribution in [0.15, 0.2) is 0 Å². The Morgan fingerprint density at radius 2 is 2.31 bits per heavy atom. The van der Waals surface area contributed by atoms with Gasteiger partial charge in [0.2, 0.25) is 5.82 Å². The average molecular weight is 227 g/mol. The molecule has 0 aliphatic rings. The van der Waals surface area contributed by atoms with Gasteiger partial charge in [0.05, 0.1) is 4.92 Å². The van der Waals surface area contributed by atoms with Gasteiger partial charge < -0.3 is 11.1 Å². The van der Waals surface area contributed by atoms with Crippen molar-refractivity contribution in [3.05, 3.63) is 15.8 Å². The van der Waals surface area contributed by atoms with Gasteiger partial charge in [0.25, 0.3) is 0 Å². The molecule has 0 saturated heterocycles. The van der Waals surface area contributed by atoms with Gasteiger partial charge in [0, 0.05) is 13.6 Å². The highest BCUT2D eigenvalue weighted by Crippen LogP contribution is 2.28. The predicted molar refractivity (Wildman–Crippen MR) is 61.4 cm³/mol. The molecular formula is C9H17N5O2. The van der Waals surface area contributed by atoms with Crippen LogP contribution in [0.1, 0.15) is 19.0 Å². The van der Waals surface area contributed by atoms with E-state index in [0.29, 0.717) is 31.0 Å². The lowest BCUT2D eigenvalue weighted by atomic mass is 10.3. The van der Waals surface area contributed by atoms with Crippen molar-refractivity contribution in [2.45, 2.75) is 19.8 Å². The Labute approximate surface area is 93.8 Å². The van der Waals surface area contributed by atoms with Gasteiger partial charge in [-0.3, -0.25) is 10.1 Å². The van der Waals surface area contributed by atoms with Crippen molar-refractivity contribution >= 4 is 11.5 Å². The molecule has 1 aromatic rings. The molecule has 3 N–H and O–H groups in total. The minimum atomic E-state index is -0.392. The summed E-state index contributed by atoms with van der Waals surface area (Å²) in [6.45, 7) is 3.01. The number of aromatic nitrogens is 2. The fourth-order valence-electron chi connectivity index (χ4n) is 1.51. The summed E-state index contributed by atoms with van der Waals surface area (Å²) in [6, 6.07) is 0. The van der Waals surface area contributed by atoms with Gasteiger partial charge in [0.15, 0.2) is 0 Å². The second kappa shape index (κ2) is 5.45. The lowest BCUT2D eigenvalue weighted by Crippen LogP contribution is -2.11. The van der Waals surface area contributed by atoms with E-state index >= 15 is 0 Å². The number of nitrogens with two attached hydrogens (primary N) is 1. The Balaban J connectivity index is 2.96. The molecule has 1 aromatic heterocycles. The van der Waals surface area contributed by atoms with Crippen molar-refractivity contribution in [3.8, 4) is 0 Å². The largest absolute Gasteiger partial charge is 0.364 e. The fraction of sp³-hybridized carbons (Fsp3) is 0.667. The van der Waals surface area contributed by atoms with Gasteiger partial charge in [-0.15, -0.1) is 0 Å². The van der Waals surface area contributed by atoms with E-state index in [1.54, 1.807) is 7.05 Å². The highest BCUT2D eigenvalue weighted by Gasteiger charge is 2.24. The number of nitrogens with one attached hydrogen (secondary N) is 1. The van der Waals surface area contributed by atoms with Crippen LogP contribution in [0.5, 0.6) is 0 Å². The number of aryl methyl sites for hydroxylation is 2. The summed E-state index contributed by atoms with van der Waals surface area (Å²) in [7, 11) is 1.69. The maximum Gasteiger partial charge on any atom is 0.333 e. The predicted octanol–water partition coefficient (Wildman–Crippen LogP) is 0.651. The molecular weight excluding hydrogens is 210 g/mol. The quantitative estimate of drug-likeness (QED) is 0.422. The summed E-state index contributed by atoms with van der Waals surface area (Å²) in [5, 5.41) is 18.0. The number of rotatable bonds is 6. The van der Waals surface area contributed by atoms with Crippen LogP contribution in [0, 0.1) is 10.1 Å². The van der Waals surface area contributed by atoms with Crippen LogP contribution >= 0.6 is 0 Å². The van der Waals surface area contributed by atoms with E-state index in [0.717, 1.165) is 6.42 Å². The topological polar surface area (TPSA) is 99.0 Å². The van der Waals surface area contributed by atoms with Gasteiger partial charge in [-0.1, -0.05) is 6.92 Å². The second-order valence-corrected chi connectivity index (χ2v) is 3.45. The molecule has 0 spiro atoms. The van der Waals surface area contributed by atoms with Gasteiger partial charge in [0.1, 0.15) is 5.69 Å². The molecule has 0 aliphatic carbocycles. The third-order valence-corrected chi connectivity index (χ3v) is 2.28. The van der Waals surface area contributed by atoms with Crippen LogP contribution in [0.25, 0.3) is 0 Å². The second-order valence-electron chi connectivity index (χ2n) is 3.45. The van der Waals surface area contributed by atoms with Crippen molar-refractivity contribution in [3.63, 3.8) is 0 Å². The smallest absolute Gasteiger partial charge is 0.333 e. The van der Waals surface area contributed by atoms with Crippen molar-refractivity contribution < 1.29 is 4.92 Å². The van der Waals surface area contributed by atoms with Crippen LogP contribution in [0.2, 0.25) is 0 Å². The van der Waals surface area contributed by atoms with E-state index in [1.807, 2.05) is 6.92 Å². The third kappa shape index (κ3) is 2.48. The Hall–Kier alpha value is -1.63. The first-order chi connectivity index (χ1) is 7.61. The molecule has 0 aromatic carbocycles. The number of nitrogens with zero attached hydrogens (tertiary/aromatic N) is 3. The summed E-state index contributed by atoms with van der Waals surface area (Å²) < 4.78 is 1.51. The first kappa shape index (κ1) is 12.4. The minimum Gasteiger partial charge on any atom is -0.364 e. The molecule has 0 radical (unpaired) electrons. The van der Waals surface area contributed by atoms with Crippen molar-refractivity contribution in [2.24, 2.45) is 12.8 Å². The summed E-state index contributed by atoms with van der Waals surface area (Å²) in [5.41, 5.74) is 5.94. The van der Waals surface area contributed by atoms with Crippen molar-refractivity contribution in [1.29, 1.82) is 0 Å². The molecule has 0 unspecified atom stereocenters. The monoisotopic (exact) mass is 227 g/mol. The third-order valence-electron chi connectivity index (χ3n) is 2.28. The molecule has 0 saturated carbocycles. The zero-order valence-electron chi connectivity index (χ0n) is 9.56. The van der Waals surface area contributed by atoms with Crippen LogP contribution in [0.4, 0.5) is 11.5 Å². The SMILES string of the molecule is CCc1nn(C)c(NCCCN)c1[N+](=O)[O-]. The van der Waals surface area contributed by atoms with E-state index in [9.17, 15) is 10.1 Å². The number of anilines is 1. The van der Waals surface area contributed by atoms with Gasteiger partial charge in [-0.25, -0.2) is 4.68 Å². The first-order valence-corrected chi connectivity index (χ1v) is 5.26. The molecule has 0 bridgehead atoms. The van der Waals surface area contributed by atoms with Gasteiger partial charge in [-0.2, -0.15) is 5.10 Å². The highest BCUT2D eigenvalue weighted by molar-refractivity contribution is 5.59. The van der Waals surface area contributed by atoms with E-state index in [4.69, 9.17) is 5.73 Å². The number of nitro groups is 1. The van der Waals surface area contributed by atoms with E-state index in [1.165, 1.54) is 4.68 Å². The van der Waals surface area contributed by atoms with Crippen LogP contribution < -0.4 is 11.1 Å². The Morgan fingerprint density at radius 3 is 2.81 bits per heavy atom. The van der Waals surface area contributed by atoms with Crippen molar-refractivity contribution in [2.75, 3.05) is 18.4 Å². The van der Waals surface area contributed by atoms with Crippen LogP contribution in [-0.2, 0) is 13.5 Å². The van der Waals surface area contributed by atoms with Gasteiger partial charge in [-0.05, 0) is 19.4 Å².